The van der Waals surface area contributed by atoms with Gasteiger partial charge in [-0.2, -0.15) is 4.37 Å². The molecule has 1 heterocycles. The number of aryl methyl sites for hydroxylation is 1. The van der Waals surface area contributed by atoms with Crippen LogP contribution in [0.15, 0.2) is 42.5 Å². The van der Waals surface area contributed by atoms with Crippen molar-refractivity contribution >= 4 is 40.6 Å². The summed E-state index contributed by atoms with van der Waals surface area (Å²) in [5, 5.41) is 2.89. The van der Waals surface area contributed by atoms with Gasteiger partial charge in [-0.05, 0) is 74.6 Å². The lowest BCUT2D eigenvalue weighted by Gasteiger charge is -2.34. The molecule has 0 fully saturated rings. The number of nitrogen functional groups attached to an aromatic ring is 1. The zero-order chi connectivity index (χ0) is 26.8. The molecule has 0 saturated carbocycles. The highest BCUT2D eigenvalue weighted by Crippen LogP contribution is 2.38. The Kier molecular flexibility index (Phi) is 7.63. The van der Waals surface area contributed by atoms with Gasteiger partial charge in [-0.25, -0.2) is 4.39 Å². The lowest BCUT2D eigenvalue weighted by molar-refractivity contribution is -0.123. The van der Waals surface area contributed by atoms with E-state index in [1.54, 1.807) is 39.0 Å². The Balaban J connectivity index is 2.32. The highest BCUT2D eigenvalue weighted by molar-refractivity contribution is 7.09. The maximum atomic E-state index is 14.1. The molecule has 2 aromatic carbocycles. The topological polar surface area (TPSA) is 141 Å². The van der Waals surface area contributed by atoms with Gasteiger partial charge in [0.05, 0.1) is 18.5 Å². The number of methoxy groups -OCH3 is 1. The molecule has 11 heteroatoms. The van der Waals surface area contributed by atoms with Crippen molar-refractivity contribution in [1.29, 1.82) is 0 Å². The van der Waals surface area contributed by atoms with E-state index in [0.717, 1.165) is 5.56 Å². The van der Waals surface area contributed by atoms with Crippen molar-refractivity contribution in [3.8, 4) is 5.75 Å². The molecule has 0 aliphatic carbocycles. The van der Waals surface area contributed by atoms with Crippen LogP contribution in [0.5, 0.6) is 5.75 Å². The predicted molar refractivity (Wildman–Crippen MR) is 137 cm³/mol. The summed E-state index contributed by atoms with van der Waals surface area (Å²) in [7, 11) is 1.44. The van der Waals surface area contributed by atoms with E-state index in [9.17, 15) is 18.8 Å². The molecular weight excluding hydrogens is 485 g/mol. The number of carbonyl (C=O) groups excluding carboxylic acids is 3. The Morgan fingerprint density at radius 3 is 2.31 bits per heavy atom. The van der Waals surface area contributed by atoms with Crippen molar-refractivity contribution in [3.05, 3.63) is 70.0 Å². The maximum Gasteiger partial charge on any atom is 0.273 e. The van der Waals surface area contributed by atoms with Crippen LogP contribution in [0.1, 0.15) is 58.1 Å². The molecule has 0 radical (unpaired) electrons. The summed E-state index contributed by atoms with van der Waals surface area (Å²) < 4.78 is 23.3. The van der Waals surface area contributed by atoms with E-state index < -0.39 is 35.1 Å². The molecule has 3 amide bonds. The van der Waals surface area contributed by atoms with Gasteiger partial charge in [-0.15, -0.1) is 0 Å². The largest absolute Gasteiger partial charge is 0.495 e. The Labute approximate surface area is 212 Å². The van der Waals surface area contributed by atoms with Gasteiger partial charge in [0.25, 0.3) is 11.8 Å². The first-order valence-electron chi connectivity index (χ1n) is 10.9. The molecule has 0 spiro atoms. The van der Waals surface area contributed by atoms with Crippen molar-refractivity contribution in [2.24, 2.45) is 5.73 Å². The zero-order valence-electron chi connectivity index (χ0n) is 20.6. The van der Waals surface area contributed by atoms with Crippen molar-refractivity contribution in [1.82, 2.24) is 9.69 Å². The third kappa shape index (κ3) is 5.62. The first-order valence-corrected chi connectivity index (χ1v) is 11.7. The summed E-state index contributed by atoms with van der Waals surface area (Å²) in [6, 6.07) is 9.14. The van der Waals surface area contributed by atoms with Crippen molar-refractivity contribution < 1.29 is 23.5 Å². The molecule has 0 aliphatic heterocycles. The standard InChI is InChI=1S/C25H28FN5O4S/c1-13-6-11-17(35-5)16(12-13)31(24(34)21-18(27)19(22(28)32)30-36-21)20(23(33)29-25(2,3)4)14-7-9-15(26)10-8-14/h6-12,20H,27H2,1-5H3,(H2,28,32)(H,29,33). The van der Waals surface area contributed by atoms with Gasteiger partial charge in [0, 0.05) is 5.54 Å². The third-order valence-corrected chi connectivity index (χ3v) is 6.01. The second kappa shape index (κ2) is 10.3. The summed E-state index contributed by atoms with van der Waals surface area (Å²) >= 11 is 0.694. The van der Waals surface area contributed by atoms with E-state index in [0.29, 0.717) is 22.8 Å². The number of rotatable bonds is 7. The van der Waals surface area contributed by atoms with Gasteiger partial charge in [0.1, 0.15) is 22.5 Å². The number of anilines is 2. The number of nitrogens with two attached hydrogens (primary N) is 2. The van der Waals surface area contributed by atoms with Crippen LogP contribution in [-0.2, 0) is 4.79 Å². The summed E-state index contributed by atoms with van der Waals surface area (Å²) in [6.45, 7) is 7.21. The normalized spacial score (nSPS) is 12.1. The molecule has 1 atom stereocenters. The van der Waals surface area contributed by atoms with Crippen LogP contribution < -0.4 is 26.4 Å². The fourth-order valence-electron chi connectivity index (χ4n) is 3.59. The minimum atomic E-state index is -1.26. The van der Waals surface area contributed by atoms with E-state index in [1.807, 2.05) is 6.92 Å². The molecule has 36 heavy (non-hydrogen) atoms. The molecule has 1 aromatic heterocycles. The number of amides is 3. The molecule has 1 unspecified atom stereocenters. The lowest BCUT2D eigenvalue weighted by atomic mass is 10.00. The van der Waals surface area contributed by atoms with E-state index in [1.165, 1.54) is 36.3 Å². The van der Waals surface area contributed by atoms with Crippen LogP contribution in [0.3, 0.4) is 0 Å². The minimum Gasteiger partial charge on any atom is -0.495 e. The van der Waals surface area contributed by atoms with Gasteiger partial charge in [0.2, 0.25) is 5.91 Å². The monoisotopic (exact) mass is 513 g/mol. The van der Waals surface area contributed by atoms with Gasteiger partial charge in [0.15, 0.2) is 5.69 Å². The zero-order valence-corrected chi connectivity index (χ0v) is 21.4. The first kappa shape index (κ1) is 26.6. The quantitative estimate of drug-likeness (QED) is 0.441. The number of carbonyl (C=O) groups is 3. The Bertz CT molecular complexity index is 1300. The Hall–Kier alpha value is -3.99. The number of hydrogen-bond donors (Lipinski definition) is 3. The molecule has 0 bridgehead atoms. The average Bonchev–Trinajstić information content (AvgIpc) is 3.18. The van der Waals surface area contributed by atoms with E-state index in [2.05, 4.69) is 9.69 Å². The summed E-state index contributed by atoms with van der Waals surface area (Å²) in [4.78, 5) is 40.7. The Morgan fingerprint density at radius 1 is 1.14 bits per heavy atom. The third-order valence-electron chi connectivity index (χ3n) is 5.16. The molecular formula is C25H28FN5O4S. The minimum absolute atomic E-state index is 0.0805. The maximum absolute atomic E-state index is 14.1. The highest BCUT2D eigenvalue weighted by atomic mass is 32.1. The molecule has 3 rings (SSSR count). The molecule has 190 valence electrons. The highest BCUT2D eigenvalue weighted by Gasteiger charge is 2.38. The fourth-order valence-corrected chi connectivity index (χ4v) is 4.34. The number of primary amides is 1. The van der Waals surface area contributed by atoms with E-state index >= 15 is 0 Å². The molecule has 9 nitrogen and oxygen atoms in total. The molecule has 5 N–H and O–H groups in total. The van der Waals surface area contributed by atoms with Gasteiger partial charge in [-0.3, -0.25) is 19.3 Å². The number of aromatic nitrogens is 1. The molecule has 3 aromatic rings. The van der Waals surface area contributed by atoms with Crippen LogP contribution in [0, 0.1) is 12.7 Å². The molecule has 0 aliphatic rings. The number of hydrogen-bond acceptors (Lipinski definition) is 7. The molecule has 0 saturated heterocycles. The van der Waals surface area contributed by atoms with Crippen LogP contribution in [0.2, 0.25) is 0 Å². The van der Waals surface area contributed by atoms with Crippen LogP contribution >= 0.6 is 11.5 Å². The number of halogens is 1. The summed E-state index contributed by atoms with van der Waals surface area (Å²) in [6.07, 6.45) is 0. The number of nitrogens with one attached hydrogen (secondary N) is 1. The Morgan fingerprint density at radius 2 is 1.78 bits per heavy atom. The SMILES string of the molecule is COc1ccc(C)cc1N(C(=O)c1snc(C(N)=O)c1N)C(C(=O)NC(C)(C)C)c1ccc(F)cc1. The second-order valence-electron chi connectivity index (χ2n) is 9.18. The van der Waals surface area contributed by atoms with Gasteiger partial charge < -0.3 is 21.5 Å². The van der Waals surface area contributed by atoms with Crippen LogP contribution in [-0.4, -0.2) is 34.7 Å². The van der Waals surface area contributed by atoms with Crippen molar-refractivity contribution in [2.75, 3.05) is 17.7 Å². The fraction of sp³-hybridized carbons (Fsp3) is 0.280. The van der Waals surface area contributed by atoms with Gasteiger partial charge in [-0.1, -0.05) is 18.2 Å². The number of ether oxygens (including phenoxy) is 1. The van der Waals surface area contributed by atoms with E-state index in [4.69, 9.17) is 16.2 Å². The number of nitrogens with zero attached hydrogens (tertiary/aromatic N) is 2. The van der Waals surface area contributed by atoms with Crippen molar-refractivity contribution in [3.63, 3.8) is 0 Å². The summed E-state index contributed by atoms with van der Waals surface area (Å²) in [5.74, 6) is -2.31. The second-order valence-corrected chi connectivity index (χ2v) is 9.96. The van der Waals surface area contributed by atoms with Crippen LogP contribution in [0.4, 0.5) is 15.8 Å². The lowest BCUT2D eigenvalue weighted by Crippen LogP contribution is -2.49. The average molecular weight is 514 g/mol. The number of benzene rings is 2. The van der Waals surface area contributed by atoms with Crippen LogP contribution in [0.25, 0.3) is 0 Å². The van der Waals surface area contributed by atoms with E-state index in [-0.39, 0.29) is 21.9 Å². The smallest absolute Gasteiger partial charge is 0.273 e. The van der Waals surface area contributed by atoms with Crippen molar-refractivity contribution in [2.45, 2.75) is 39.3 Å². The predicted octanol–water partition coefficient (Wildman–Crippen LogP) is 3.58. The first-order chi connectivity index (χ1) is 16.8. The van der Waals surface area contributed by atoms with Gasteiger partial charge >= 0.3 is 0 Å². The summed E-state index contributed by atoms with van der Waals surface area (Å²) in [5.41, 5.74) is 11.7.